The van der Waals surface area contributed by atoms with E-state index >= 15 is 0 Å². The maximum Gasteiger partial charge on any atom is 0.293 e. The Bertz CT molecular complexity index is 337. The Hall–Kier alpha value is -1.05. The van der Waals surface area contributed by atoms with Gasteiger partial charge in [-0.2, -0.15) is 0 Å². The van der Waals surface area contributed by atoms with Gasteiger partial charge in [-0.15, -0.1) is 0 Å². The number of carbonyl (C=O) groups is 1. The van der Waals surface area contributed by atoms with Crippen LogP contribution in [0.5, 0.6) is 0 Å². The van der Waals surface area contributed by atoms with E-state index in [1.165, 1.54) is 11.1 Å². The van der Waals surface area contributed by atoms with Gasteiger partial charge in [-0.1, -0.05) is 23.3 Å². The first kappa shape index (κ1) is 15.0. The normalized spacial score (nSPS) is 22.7. The van der Waals surface area contributed by atoms with Gasteiger partial charge in [0.15, 0.2) is 0 Å². The highest BCUT2D eigenvalue weighted by Crippen LogP contribution is 2.37. The molecule has 2 heteroatoms. The van der Waals surface area contributed by atoms with Gasteiger partial charge in [0.2, 0.25) is 0 Å². The summed E-state index contributed by atoms with van der Waals surface area (Å²) in [5.74, 6) is 0.456. The largest absolute Gasteiger partial charge is 0.461 e. The van der Waals surface area contributed by atoms with Gasteiger partial charge in [-0.25, -0.2) is 0 Å². The number of carbonyl (C=O) groups excluding carboxylic acids is 1. The lowest BCUT2D eigenvalue weighted by Gasteiger charge is -2.37. The van der Waals surface area contributed by atoms with Crippen LogP contribution in [0.3, 0.4) is 0 Å². The third kappa shape index (κ3) is 4.32. The van der Waals surface area contributed by atoms with Crippen molar-refractivity contribution < 1.29 is 9.53 Å². The van der Waals surface area contributed by atoms with E-state index in [4.69, 9.17) is 4.74 Å². The Balaban J connectivity index is 2.67. The first-order chi connectivity index (χ1) is 8.48. The second kappa shape index (κ2) is 6.77. The Kier molecular flexibility index (Phi) is 5.64. The van der Waals surface area contributed by atoms with Crippen molar-refractivity contribution >= 4 is 6.47 Å². The molecule has 0 amide bonds. The van der Waals surface area contributed by atoms with Crippen molar-refractivity contribution in [2.75, 3.05) is 0 Å². The average molecular weight is 250 g/mol. The van der Waals surface area contributed by atoms with Crippen LogP contribution in [0.4, 0.5) is 0 Å². The molecule has 102 valence electrons. The van der Waals surface area contributed by atoms with Gasteiger partial charge in [0.1, 0.15) is 5.60 Å². The van der Waals surface area contributed by atoms with E-state index in [0.29, 0.717) is 12.4 Å². The maximum absolute atomic E-state index is 10.8. The third-order valence-electron chi connectivity index (χ3n) is 4.01. The molecule has 0 saturated carbocycles. The van der Waals surface area contributed by atoms with Crippen LogP contribution in [0, 0.1) is 5.92 Å². The van der Waals surface area contributed by atoms with E-state index in [1.54, 1.807) is 0 Å². The van der Waals surface area contributed by atoms with Gasteiger partial charge in [0.25, 0.3) is 6.47 Å². The number of rotatable bonds is 6. The topological polar surface area (TPSA) is 26.3 Å². The van der Waals surface area contributed by atoms with E-state index in [2.05, 4.69) is 39.8 Å². The molecule has 1 aliphatic rings. The van der Waals surface area contributed by atoms with Crippen molar-refractivity contribution in [2.45, 2.75) is 65.4 Å². The number of allylic oxidation sites excluding steroid dienone is 4. The molecule has 2 nitrogen and oxygen atoms in total. The minimum absolute atomic E-state index is 0.315. The first-order valence-corrected chi connectivity index (χ1v) is 6.88. The molecule has 0 heterocycles. The highest BCUT2D eigenvalue weighted by atomic mass is 16.5. The summed E-state index contributed by atoms with van der Waals surface area (Å²) >= 11 is 0. The van der Waals surface area contributed by atoms with Crippen LogP contribution < -0.4 is 0 Å². The quantitative estimate of drug-likeness (QED) is 0.515. The van der Waals surface area contributed by atoms with Gasteiger partial charge >= 0.3 is 0 Å². The van der Waals surface area contributed by atoms with Crippen molar-refractivity contribution in [1.82, 2.24) is 0 Å². The summed E-state index contributed by atoms with van der Waals surface area (Å²) in [6, 6.07) is 0. The molecule has 0 radical (unpaired) electrons. The van der Waals surface area contributed by atoms with E-state index < -0.39 is 0 Å². The molecule has 2 atom stereocenters. The van der Waals surface area contributed by atoms with Crippen molar-refractivity contribution in [3.05, 3.63) is 23.3 Å². The Morgan fingerprint density at radius 2 is 2.28 bits per heavy atom. The van der Waals surface area contributed by atoms with Gasteiger partial charge in [-0.05, 0) is 59.8 Å². The minimum Gasteiger partial charge on any atom is -0.461 e. The predicted molar refractivity (Wildman–Crippen MR) is 75.3 cm³/mol. The Morgan fingerprint density at radius 3 is 2.78 bits per heavy atom. The molecule has 0 aromatic carbocycles. The highest BCUT2D eigenvalue weighted by Gasteiger charge is 2.35. The number of ether oxygens (including phenoxy) is 1. The molecule has 18 heavy (non-hydrogen) atoms. The molecule has 0 N–H and O–H groups in total. The average Bonchev–Trinajstić information content (AvgIpc) is 2.29. The molecule has 0 saturated heterocycles. The van der Waals surface area contributed by atoms with Gasteiger partial charge in [-0.3, -0.25) is 4.79 Å². The van der Waals surface area contributed by atoms with E-state index in [-0.39, 0.29) is 5.60 Å². The van der Waals surface area contributed by atoms with E-state index in [1.807, 2.05) is 0 Å². The maximum atomic E-state index is 10.8. The molecule has 0 aromatic heterocycles. The lowest BCUT2D eigenvalue weighted by atomic mass is 9.76. The summed E-state index contributed by atoms with van der Waals surface area (Å²) in [5, 5.41) is 0. The highest BCUT2D eigenvalue weighted by molar-refractivity contribution is 5.38. The fraction of sp³-hybridized carbons (Fsp3) is 0.688. The fourth-order valence-electron chi connectivity index (χ4n) is 2.64. The molecular weight excluding hydrogens is 224 g/mol. The molecule has 1 aliphatic carbocycles. The Labute approximate surface area is 111 Å². The molecule has 0 fully saturated rings. The molecule has 0 spiro atoms. The van der Waals surface area contributed by atoms with E-state index in [9.17, 15) is 4.79 Å². The SMILES string of the molecule is CC(C)=CCC[C@](C)(OC=O)[C@@H]1CC=C(C)CC1. The van der Waals surface area contributed by atoms with Crippen LogP contribution in [0.25, 0.3) is 0 Å². The summed E-state index contributed by atoms with van der Waals surface area (Å²) in [6.07, 6.45) is 9.69. The molecule has 1 rings (SSSR count). The standard InChI is InChI=1S/C16H26O2/c1-13(2)6-5-11-16(4,18-12-17)15-9-7-14(3)8-10-15/h6-7,12,15H,5,8-11H2,1-4H3/t15-,16+/m1/s1. The lowest BCUT2D eigenvalue weighted by molar-refractivity contribution is -0.149. The van der Waals surface area contributed by atoms with Crippen molar-refractivity contribution in [1.29, 1.82) is 0 Å². The lowest BCUT2D eigenvalue weighted by Crippen LogP contribution is -2.38. The molecular formula is C16H26O2. The van der Waals surface area contributed by atoms with Gasteiger partial charge < -0.3 is 4.74 Å². The predicted octanol–water partition coefficient (Wildman–Crippen LogP) is 4.41. The van der Waals surface area contributed by atoms with Crippen LogP contribution >= 0.6 is 0 Å². The van der Waals surface area contributed by atoms with Crippen LogP contribution in [0.1, 0.15) is 59.8 Å². The van der Waals surface area contributed by atoms with Gasteiger partial charge in [0.05, 0.1) is 0 Å². The summed E-state index contributed by atoms with van der Waals surface area (Å²) in [4.78, 5) is 10.8. The van der Waals surface area contributed by atoms with Crippen molar-refractivity contribution in [3.63, 3.8) is 0 Å². The number of hydrogen-bond donors (Lipinski definition) is 0. The van der Waals surface area contributed by atoms with Crippen LogP contribution in [-0.4, -0.2) is 12.1 Å². The summed E-state index contributed by atoms with van der Waals surface area (Å²) < 4.78 is 5.45. The molecule has 0 bridgehead atoms. The summed E-state index contributed by atoms with van der Waals surface area (Å²) in [5.41, 5.74) is 2.47. The molecule has 0 unspecified atom stereocenters. The minimum atomic E-state index is -0.315. The second-order valence-electron chi connectivity index (χ2n) is 5.87. The van der Waals surface area contributed by atoms with Crippen molar-refractivity contribution in [3.8, 4) is 0 Å². The smallest absolute Gasteiger partial charge is 0.293 e. The molecule has 0 aromatic rings. The zero-order chi connectivity index (χ0) is 13.6. The van der Waals surface area contributed by atoms with Gasteiger partial charge in [0, 0.05) is 5.92 Å². The molecule has 0 aliphatic heterocycles. The zero-order valence-electron chi connectivity index (χ0n) is 12.2. The van der Waals surface area contributed by atoms with Crippen molar-refractivity contribution in [2.24, 2.45) is 5.92 Å². The fourth-order valence-corrected chi connectivity index (χ4v) is 2.64. The number of hydrogen-bond acceptors (Lipinski definition) is 2. The summed E-state index contributed by atoms with van der Waals surface area (Å²) in [7, 11) is 0. The second-order valence-corrected chi connectivity index (χ2v) is 5.87. The summed E-state index contributed by atoms with van der Waals surface area (Å²) in [6.45, 7) is 9.08. The monoisotopic (exact) mass is 250 g/mol. The van der Waals surface area contributed by atoms with Crippen LogP contribution in [0.15, 0.2) is 23.3 Å². The first-order valence-electron chi connectivity index (χ1n) is 6.88. The Morgan fingerprint density at radius 1 is 1.56 bits per heavy atom. The van der Waals surface area contributed by atoms with E-state index in [0.717, 1.165) is 32.1 Å². The zero-order valence-corrected chi connectivity index (χ0v) is 12.2. The third-order valence-corrected chi connectivity index (χ3v) is 4.01. The van der Waals surface area contributed by atoms with Crippen LogP contribution in [-0.2, 0) is 9.53 Å². The van der Waals surface area contributed by atoms with Crippen LogP contribution in [0.2, 0.25) is 0 Å².